The number of nitro groups is 1. The van der Waals surface area contributed by atoms with Crippen molar-refractivity contribution >= 4 is 5.69 Å². The second-order valence-corrected chi connectivity index (χ2v) is 2.45. The van der Waals surface area contributed by atoms with Crippen LogP contribution in [0.25, 0.3) is 0 Å². The maximum atomic E-state index is 10.6. The molecule has 0 atom stereocenters. The highest BCUT2D eigenvalue weighted by molar-refractivity contribution is 5.53. The van der Waals surface area contributed by atoms with Gasteiger partial charge in [-0.2, -0.15) is 0 Å². The van der Waals surface area contributed by atoms with E-state index in [4.69, 9.17) is 4.74 Å². The van der Waals surface area contributed by atoms with E-state index < -0.39 is 4.92 Å². The molecule has 0 saturated carbocycles. The number of nitro benzene ring substituents is 1. The Morgan fingerprint density at radius 1 is 1.62 bits per heavy atom. The average molecular weight is 180 g/mol. The number of para-hydroxylation sites is 1. The van der Waals surface area contributed by atoms with Gasteiger partial charge in [0.25, 0.3) is 0 Å². The summed E-state index contributed by atoms with van der Waals surface area (Å²) in [5.41, 5.74) is 0.320. The SMILES string of the molecule is [CH2]c1cccc(OCC)c1[N+](=O)[O-]. The largest absolute Gasteiger partial charge is 0.487 e. The van der Waals surface area contributed by atoms with Crippen molar-refractivity contribution in [2.75, 3.05) is 6.61 Å². The van der Waals surface area contributed by atoms with Gasteiger partial charge in [0.2, 0.25) is 0 Å². The molecule has 1 radical (unpaired) electrons. The molecule has 0 spiro atoms. The van der Waals surface area contributed by atoms with Crippen molar-refractivity contribution in [3.05, 3.63) is 40.8 Å². The minimum atomic E-state index is -0.479. The fraction of sp³-hybridized carbons (Fsp3) is 0.222. The van der Waals surface area contributed by atoms with Crippen molar-refractivity contribution in [1.82, 2.24) is 0 Å². The number of hydrogen-bond acceptors (Lipinski definition) is 3. The molecule has 0 aliphatic heterocycles. The van der Waals surface area contributed by atoms with Crippen molar-refractivity contribution in [3.8, 4) is 5.75 Å². The monoisotopic (exact) mass is 180 g/mol. The van der Waals surface area contributed by atoms with E-state index in [2.05, 4.69) is 6.92 Å². The molecule has 1 rings (SSSR count). The smallest absolute Gasteiger partial charge is 0.314 e. The molecule has 0 unspecified atom stereocenters. The molecule has 1 aromatic carbocycles. The van der Waals surface area contributed by atoms with Crippen LogP contribution in [-0.2, 0) is 0 Å². The molecule has 13 heavy (non-hydrogen) atoms. The van der Waals surface area contributed by atoms with Crippen LogP contribution in [0, 0.1) is 17.0 Å². The summed E-state index contributed by atoms with van der Waals surface area (Å²) < 4.78 is 5.10. The molecular formula is C9H10NO3. The van der Waals surface area contributed by atoms with Crippen LogP contribution in [0.4, 0.5) is 5.69 Å². The van der Waals surface area contributed by atoms with Gasteiger partial charge in [0.05, 0.1) is 11.5 Å². The van der Waals surface area contributed by atoms with Gasteiger partial charge < -0.3 is 4.74 Å². The van der Waals surface area contributed by atoms with Crippen LogP contribution in [-0.4, -0.2) is 11.5 Å². The molecule has 69 valence electrons. The molecule has 4 heteroatoms. The maximum Gasteiger partial charge on any atom is 0.314 e. The van der Waals surface area contributed by atoms with Gasteiger partial charge in [0, 0.05) is 5.56 Å². The second-order valence-electron chi connectivity index (χ2n) is 2.45. The third-order valence-corrected chi connectivity index (χ3v) is 1.56. The quantitative estimate of drug-likeness (QED) is 0.529. The number of benzene rings is 1. The Kier molecular flexibility index (Phi) is 2.84. The topological polar surface area (TPSA) is 52.4 Å². The van der Waals surface area contributed by atoms with Crippen LogP contribution in [0.2, 0.25) is 0 Å². The molecule has 1 aromatic rings. The zero-order valence-electron chi connectivity index (χ0n) is 7.32. The third kappa shape index (κ3) is 1.96. The lowest BCUT2D eigenvalue weighted by Gasteiger charge is -2.04. The van der Waals surface area contributed by atoms with E-state index >= 15 is 0 Å². The zero-order valence-corrected chi connectivity index (χ0v) is 7.32. The first kappa shape index (κ1) is 9.51. The van der Waals surface area contributed by atoms with Gasteiger partial charge in [-0.3, -0.25) is 10.1 Å². The lowest BCUT2D eigenvalue weighted by atomic mass is 10.2. The highest BCUT2D eigenvalue weighted by Crippen LogP contribution is 2.29. The molecule has 4 nitrogen and oxygen atoms in total. The Morgan fingerprint density at radius 2 is 2.31 bits per heavy atom. The van der Waals surface area contributed by atoms with Crippen molar-refractivity contribution in [1.29, 1.82) is 0 Å². The number of nitrogens with zero attached hydrogens (tertiary/aromatic N) is 1. The minimum Gasteiger partial charge on any atom is -0.487 e. The van der Waals surface area contributed by atoms with Crippen LogP contribution < -0.4 is 4.74 Å². The van der Waals surface area contributed by atoms with Crippen LogP contribution in [0.5, 0.6) is 5.75 Å². The summed E-state index contributed by atoms with van der Waals surface area (Å²) in [6, 6.07) is 4.83. The van der Waals surface area contributed by atoms with E-state index in [9.17, 15) is 10.1 Å². The molecule has 0 N–H and O–H groups in total. The zero-order chi connectivity index (χ0) is 9.84. The Hall–Kier alpha value is -1.58. The Morgan fingerprint density at radius 3 is 2.85 bits per heavy atom. The molecule has 0 fully saturated rings. The van der Waals surface area contributed by atoms with Crippen molar-refractivity contribution < 1.29 is 9.66 Å². The predicted molar refractivity (Wildman–Crippen MR) is 48.7 cm³/mol. The summed E-state index contributed by atoms with van der Waals surface area (Å²) in [5, 5.41) is 10.6. The van der Waals surface area contributed by atoms with E-state index in [1.54, 1.807) is 25.1 Å². The molecule has 0 aliphatic rings. The number of ether oxygens (including phenoxy) is 1. The lowest BCUT2D eigenvalue weighted by Crippen LogP contribution is -1.98. The van der Waals surface area contributed by atoms with E-state index in [0.29, 0.717) is 12.2 Å². The average Bonchev–Trinajstić information content (AvgIpc) is 2.04. The Labute approximate surface area is 76.3 Å². The Balaban J connectivity index is 3.17. The van der Waals surface area contributed by atoms with Gasteiger partial charge >= 0.3 is 5.69 Å². The molecular weight excluding hydrogens is 170 g/mol. The molecule has 0 heterocycles. The molecule has 0 aromatic heterocycles. The minimum absolute atomic E-state index is 0.0515. The van der Waals surface area contributed by atoms with Crippen molar-refractivity contribution in [2.24, 2.45) is 0 Å². The molecule has 0 aliphatic carbocycles. The van der Waals surface area contributed by atoms with E-state index in [1.165, 1.54) is 0 Å². The summed E-state index contributed by atoms with van der Waals surface area (Å²) in [4.78, 5) is 10.1. The van der Waals surface area contributed by atoms with Gasteiger partial charge in [-0.15, -0.1) is 0 Å². The number of rotatable bonds is 3. The van der Waals surface area contributed by atoms with Gasteiger partial charge in [-0.1, -0.05) is 12.1 Å². The van der Waals surface area contributed by atoms with E-state index in [-0.39, 0.29) is 11.4 Å². The predicted octanol–water partition coefficient (Wildman–Crippen LogP) is 2.18. The fourth-order valence-electron chi connectivity index (χ4n) is 1.05. The van der Waals surface area contributed by atoms with Crippen LogP contribution in [0.1, 0.15) is 12.5 Å². The summed E-state index contributed by atoms with van der Waals surface area (Å²) in [7, 11) is 0. The summed E-state index contributed by atoms with van der Waals surface area (Å²) in [6.45, 7) is 5.75. The lowest BCUT2D eigenvalue weighted by molar-refractivity contribution is -0.386. The van der Waals surface area contributed by atoms with Gasteiger partial charge in [0.1, 0.15) is 0 Å². The molecule has 0 amide bonds. The van der Waals surface area contributed by atoms with Gasteiger partial charge in [-0.25, -0.2) is 0 Å². The highest BCUT2D eigenvalue weighted by atomic mass is 16.6. The van der Waals surface area contributed by atoms with Crippen molar-refractivity contribution in [2.45, 2.75) is 6.92 Å². The first-order valence-corrected chi connectivity index (χ1v) is 3.89. The summed E-state index contributed by atoms with van der Waals surface area (Å²) in [5.74, 6) is 0.278. The van der Waals surface area contributed by atoms with Crippen LogP contribution >= 0.6 is 0 Å². The summed E-state index contributed by atoms with van der Waals surface area (Å²) >= 11 is 0. The Bertz CT molecular complexity index is 323. The van der Waals surface area contributed by atoms with Crippen LogP contribution in [0.15, 0.2) is 18.2 Å². The second kappa shape index (κ2) is 3.89. The fourth-order valence-corrected chi connectivity index (χ4v) is 1.05. The standard InChI is InChI=1S/C9H10NO3/c1-3-13-8-6-4-5-7(2)9(8)10(11)12/h4-6H,2-3H2,1H3. The maximum absolute atomic E-state index is 10.6. The van der Waals surface area contributed by atoms with Gasteiger partial charge in [0.15, 0.2) is 5.75 Å². The van der Waals surface area contributed by atoms with Crippen molar-refractivity contribution in [3.63, 3.8) is 0 Å². The molecule has 0 bridgehead atoms. The summed E-state index contributed by atoms with van der Waals surface area (Å²) in [6.07, 6.45) is 0. The van der Waals surface area contributed by atoms with E-state index in [0.717, 1.165) is 0 Å². The first-order valence-electron chi connectivity index (χ1n) is 3.89. The van der Waals surface area contributed by atoms with E-state index in [1.807, 2.05) is 0 Å². The normalized spacial score (nSPS) is 9.69. The highest BCUT2D eigenvalue weighted by Gasteiger charge is 2.17. The number of hydrogen-bond donors (Lipinski definition) is 0. The van der Waals surface area contributed by atoms with Gasteiger partial charge in [-0.05, 0) is 19.9 Å². The first-order chi connectivity index (χ1) is 6.16. The molecule has 0 saturated heterocycles. The third-order valence-electron chi connectivity index (χ3n) is 1.56. The van der Waals surface area contributed by atoms with Crippen LogP contribution in [0.3, 0.4) is 0 Å².